The van der Waals surface area contributed by atoms with Gasteiger partial charge in [-0.25, -0.2) is 12.4 Å². The molecule has 0 aliphatic rings. The first-order chi connectivity index (χ1) is 15.9. The van der Waals surface area contributed by atoms with Gasteiger partial charge in [0.1, 0.15) is 16.4 Å². The zero-order chi connectivity index (χ0) is 23.6. The first kappa shape index (κ1) is 22.4. The Bertz CT molecular complexity index is 1420. The van der Waals surface area contributed by atoms with E-state index in [2.05, 4.69) is 0 Å². The van der Waals surface area contributed by atoms with Crippen molar-refractivity contribution in [2.24, 2.45) is 0 Å². The number of carbonyl (C=O) groups is 1. The molecule has 1 N–H and O–H groups in total. The second-order valence-corrected chi connectivity index (χ2v) is 9.19. The Labute approximate surface area is 191 Å². The van der Waals surface area contributed by atoms with Crippen LogP contribution in [0.5, 0.6) is 11.5 Å². The number of rotatable bonds is 8. The van der Waals surface area contributed by atoms with Gasteiger partial charge in [-0.1, -0.05) is 42.5 Å². The van der Waals surface area contributed by atoms with Crippen LogP contribution in [0.15, 0.2) is 77.8 Å². The van der Waals surface area contributed by atoms with Crippen molar-refractivity contribution >= 4 is 26.9 Å². The highest BCUT2D eigenvalue weighted by Crippen LogP contribution is 2.38. The summed E-state index contributed by atoms with van der Waals surface area (Å²) >= 11 is 0. The molecule has 0 atom stereocenters. The fraction of sp³-hybridized carbons (Fsp3) is 0.160. The molecule has 170 valence electrons. The van der Waals surface area contributed by atoms with Crippen molar-refractivity contribution in [3.63, 3.8) is 0 Å². The zero-order valence-electron chi connectivity index (χ0n) is 18.2. The van der Waals surface area contributed by atoms with Gasteiger partial charge in [0.2, 0.25) is 0 Å². The van der Waals surface area contributed by atoms with E-state index >= 15 is 0 Å². The molecule has 4 aromatic rings. The summed E-state index contributed by atoms with van der Waals surface area (Å²) < 4.78 is 40.1. The average molecular weight is 466 g/mol. The molecule has 0 saturated heterocycles. The van der Waals surface area contributed by atoms with Gasteiger partial charge in [-0.2, -0.15) is 0 Å². The summed E-state index contributed by atoms with van der Waals surface area (Å²) in [6.07, 6.45) is 1.54. The molecule has 0 amide bonds. The lowest BCUT2D eigenvalue weighted by Gasteiger charge is -2.16. The smallest absolute Gasteiger partial charge is 0.303 e. The summed E-state index contributed by atoms with van der Waals surface area (Å²) in [5.41, 5.74) is 2.28. The molecule has 0 radical (unpaired) electrons. The lowest BCUT2D eigenvalue weighted by Crippen LogP contribution is -2.14. The molecule has 0 bridgehead atoms. The predicted octanol–water partition coefficient (Wildman–Crippen LogP) is 4.58. The van der Waals surface area contributed by atoms with Crippen LogP contribution in [0.1, 0.15) is 12.0 Å². The normalized spacial score (nSPS) is 11.5. The number of hydrogen-bond donors (Lipinski definition) is 1. The summed E-state index contributed by atoms with van der Waals surface area (Å²) in [6, 6.07) is 19.4. The molecule has 0 spiro atoms. The number of aryl methyl sites for hydroxylation is 1. The molecule has 7 nitrogen and oxygen atoms in total. The Kier molecular flexibility index (Phi) is 6.11. The summed E-state index contributed by atoms with van der Waals surface area (Å²) in [5, 5.41) is 9.78. The topological polar surface area (TPSA) is 94.8 Å². The van der Waals surface area contributed by atoms with Gasteiger partial charge in [0.15, 0.2) is 0 Å². The Morgan fingerprint density at radius 2 is 1.73 bits per heavy atom. The maximum Gasteiger partial charge on any atom is 0.303 e. The standard InChI is InChI=1S/C25H23NO6S/c1-31-19-12-13-22-21(15-19)18(11-14-24(27)28)16-26(22)33(29,30)25-20(9-6-10-23(25)32-2)17-7-4-3-5-8-17/h3-10,12-13,15-16H,11,14H2,1-2H3,(H,27,28). The molecule has 33 heavy (non-hydrogen) atoms. The van der Waals surface area contributed by atoms with Crippen LogP contribution >= 0.6 is 0 Å². The Morgan fingerprint density at radius 1 is 0.970 bits per heavy atom. The van der Waals surface area contributed by atoms with Crippen molar-refractivity contribution in [3.05, 3.63) is 78.5 Å². The highest BCUT2D eigenvalue weighted by Gasteiger charge is 2.28. The van der Waals surface area contributed by atoms with Crippen LogP contribution in [0, 0.1) is 0 Å². The molecule has 0 unspecified atom stereocenters. The molecule has 0 fully saturated rings. The molecule has 0 saturated carbocycles. The molecular formula is C25H23NO6S. The fourth-order valence-electron chi connectivity index (χ4n) is 3.90. The molecule has 3 aromatic carbocycles. The van der Waals surface area contributed by atoms with Gasteiger partial charge < -0.3 is 14.6 Å². The number of carboxylic acid groups (broad SMARTS) is 1. The molecule has 4 rings (SSSR count). The monoisotopic (exact) mass is 465 g/mol. The Hall–Kier alpha value is -3.78. The first-order valence-electron chi connectivity index (χ1n) is 10.2. The Balaban J connectivity index is 1.98. The largest absolute Gasteiger partial charge is 0.497 e. The van der Waals surface area contributed by atoms with Crippen LogP contribution in [0.25, 0.3) is 22.0 Å². The molecule has 1 aromatic heterocycles. The maximum absolute atomic E-state index is 14.1. The van der Waals surface area contributed by atoms with Gasteiger partial charge >= 0.3 is 5.97 Å². The number of hydrogen-bond acceptors (Lipinski definition) is 5. The lowest BCUT2D eigenvalue weighted by atomic mass is 10.1. The number of methoxy groups -OCH3 is 2. The van der Waals surface area contributed by atoms with Crippen LogP contribution in [0.3, 0.4) is 0 Å². The number of aliphatic carboxylic acids is 1. The number of ether oxygens (including phenoxy) is 2. The van der Waals surface area contributed by atoms with Crippen molar-refractivity contribution in [1.29, 1.82) is 0 Å². The van der Waals surface area contributed by atoms with E-state index in [-0.39, 0.29) is 23.5 Å². The highest BCUT2D eigenvalue weighted by atomic mass is 32.2. The van der Waals surface area contributed by atoms with E-state index in [1.807, 2.05) is 30.3 Å². The number of fused-ring (bicyclic) bond motifs is 1. The fourth-order valence-corrected chi connectivity index (χ4v) is 5.65. The minimum Gasteiger partial charge on any atom is -0.497 e. The van der Waals surface area contributed by atoms with Crippen LogP contribution in [-0.2, 0) is 21.2 Å². The van der Waals surface area contributed by atoms with Crippen LogP contribution in [0.4, 0.5) is 0 Å². The predicted molar refractivity (Wildman–Crippen MR) is 125 cm³/mol. The van der Waals surface area contributed by atoms with E-state index in [4.69, 9.17) is 14.6 Å². The van der Waals surface area contributed by atoms with E-state index in [1.54, 1.807) is 36.4 Å². The molecule has 1 heterocycles. The molecule has 0 aliphatic heterocycles. The number of nitrogens with zero attached hydrogens (tertiary/aromatic N) is 1. The SMILES string of the molecule is COc1ccc2c(c1)c(CCC(=O)O)cn2S(=O)(=O)c1c(OC)cccc1-c1ccccc1. The van der Waals surface area contributed by atoms with Gasteiger partial charge in [0.25, 0.3) is 10.0 Å². The number of aromatic nitrogens is 1. The van der Waals surface area contributed by atoms with Gasteiger partial charge in [-0.3, -0.25) is 4.79 Å². The minimum atomic E-state index is -4.12. The molecule has 8 heteroatoms. The average Bonchev–Trinajstić information content (AvgIpc) is 3.21. The quantitative estimate of drug-likeness (QED) is 0.409. The number of carboxylic acids is 1. The Morgan fingerprint density at radius 3 is 2.39 bits per heavy atom. The van der Waals surface area contributed by atoms with Crippen LogP contribution in [-0.4, -0.2) is 37.7 Å². The van der Waals surface area contributed by atoms with Crippen molar-refractivity contribution in [2.45, 2.75) is 17.7 Å². The lowest BCUT2D eigenvalue weighted by molar-refractivity contribution is -0.136. The van der Waals surface area contributed by atoms with Crippen molar-refractivity contribution in [1.82, 2.24) is 3.97 Å². The van der Waals surface area contributed by atoms with Crippen molar-refractivity contribution in [2.75, 3.05) is 14.2 Å². The van der Waals surface area contributed by atoms with Gasteiger partial charge in [-0.15, -0.1) is 0 Å². The zero-order valence-corrected chi connectivity index (χ0v) is 19.0. The second kappa shape index (κ2) is 8.99. The van der Waals surface area contributed by atoms with Gasteiger partial charge in [0, 0.05) is 23.6 Å². The van der Waals surface area contributed by atoms with Crippen molar-refractivity contribution < 1.29 is 27.8 Å². The summed E-state index contributed by atoms with van der Waals surface area (Å²) in [7, 11) is -1.17. The summed E-state index contributed by atoms with van der Waals surface area (Å²) in [5.74, 6) is -0.187. The van der Waals surface area contributed by atoms with Gasteiger partial charge in [-0.05, 0) is 41.8 Å². The summed E-state index contributed by atoms with van der Waals surface area (Å²) in [4.78, 5) is 11.2. The maximum atomic E-state index is 14.1. The van der Waals surface area contributed by atoms with Crippen LogP contribution < -0.4 is 9.47 Å². The molecule has 0 aliphatic carbocycles. The van der Waals surface area contributed by atoms with E-state index in [1.165, 1.54) is 24.4 Å². The third-order valence-corrected chi connectivity index (χ3v) is 7.23. The van der Waals surface area contributed by atoms with E-state index in [9.17, 15) is 13.2 Å². The third-order valence-electron chi connectivity index (χ3n) is 5.47. The number of benzene rings is 3. The van der Waals surface area contributed by atoms with Gasteiger partial charge in [0.05, 0.1) is 19.7 Å². The summed E-state index contributed by atoms with van der Waals surface area (Å²) in [6.45, 7) is 0. The second-order valence-electron chi connectivity index (χ2n) is 7.44. The first-order valence-corrected chi connectivity index (χ1v) is 11.7. The van der Waals surface area contributed by atoms with Crippen molar-refractivity contribution in [3.8, 4) is 22.6 Å². The van der Waals surface area contributed by atoms with E-state index in [0.29, 0.717) is 27.8 Å². The highest BCUT2D eigenvalue weighted by molar-refractivity contribution is 7.90. The minimum absolute atomic E-state index is 0.0382. The molecular weight excluding hydrogens is 442 g/mol. The van der Waals surface area contributed by atoms with Crippen LogP contribution in [0.2, 0.25) is 0 Å². The van der Waals surface area contributed by atoms with E-state index < -0.39 is 16.0 Å². The third kappa shape index (κ3) is 4.17. The van der Waals surface area contributed by atoms with E-state index in [0.717, 1.165) is 5.56 Å².